The highest BCUT2D eigenvalue weighted by Crippen LogP contribution is 2.19. The maximum absolute atomic E-state index is 5.43. The normalized spacial score (nSPS) is 10.3. The van der Waals surface area contributed by atoms with E-state index in [0.717, 1.165) is 22.5 Å². The van der Waals surface area contributed by atoms with E-state index < -0.39 is 0 Å². The first kappa shape index (κ1) is 9.58. The van der Waals surface area contributed by atoms with Gasteiger partial charge in [-0.3, -0.25) is 4.98 Å². The highest BCUT2D eigenvalue weighted by molar-refractivity contribution is 5.62. The lowest BCUT2D eigenvalue weighted by atomic mass is 10.1. The molecule has 0 aliphatic heterocycles. The highest BCUT2D eigenvalue weighted by Gasteiger charge is 2.01. The third kappa shape index (κ3) is 2.10. The molecule has 15 heavy (non-hydrogen) atoms. The number of anilines is 1. The van der Waals surface area contributed by atoms with Crippen molar-refractivity contribution in [1.82, 2.24) is 15.0 Å². The van der Waals surface area contributed by atoms with Gasteiger partial charge < -0.3 is 5.73 Å². The van der Waals surface area contributed by atoms with Gasteiger partial charge in [0.05, 0.1) is 0 Å². The van der Waals surface area contributed by atoms with Gasteiger partial charge in [0.2, 0.25) is 5.95 Å². The van der Waals surface area contributed by atoms with Gasteiger partial charge in [0, 0.05) is 29.3 Å². The average molecular weight is 200 g/mol. The van der Waals surface area contributed by atoms with E-state index >= 15 is 0 Å². The molecule has 4 nitrogen and oxygen atoms in total. The fraction of sp³-hybridized carbons (Fsp3) is 0.182. The molecule has 0 bridgehead atoms. The molecule has 0 atom stereocenters. The number of pyridine rings is 1. The van der Waals surface area contributed by atoms with Crippen LogP contribution in [0.2, 0.25) is 0 Å². The zero-order chi connectivity index (χ0) is 10.8. The third-order valence-electron chi connectivity index (χ3n) is 2.09. The molecular weight excluding hydrogens is 188 g/mol. The van der Waals surface area contributed by atoms with Crippen LogP contribution in [0.15, 0.2) is 24.5 Å². The zero-order valence-corrected chi connectivity index (χ0v) is 8.73. The second kappa shape index (κ2) is 3.65. The summed E-state index contributed by atoms with van der Waals surface area (Å²) in [6, 6.07) is 4.00. The maximum Gasteiger partial charge on any atom is 0.219 e. The Hall–Kier alpha value is -1.97. The Morgan fingerprint density at radius 3 is 2.00 bits per heavy atom. The van der Waals surface area contributed by atoms with Crippen molar-refractivity contribution < 1.29 is 0 Å². The van der Waals surface area contributed by atoms with Gasteiger partial charge in [-0.2, -0.15) is 0 Å². The van der Waals surface area contributed by atoms with Crippen LogP contribution in [0.1, 0.15) is 11.4 Å². The fourth-order valence-corrected chi connectivity index (χ4v) is 1.49. The molecule has 76 valence electrons. The van der Waals surface area contributed by atoms with Gasteiger partial charge in [0.1, 0.15) is 0 Å². The molecule has 0 unspecified atom stereocenters. The summed E-state index contributed by atoms with van der Waals surface area (Å²) in [7, 11) is 0. The van der Waals surface area contributed by atoms with E-state index in [1.165, 1.54) is 0 Å². The lowest BCUT2D eigenvalue weighted by Crippen LogP contribution is -1.94. The molecule has 2 aromatic rings. The Bertz CT molecular complexity index is 456. The van der Waals surface area contributed by atoms with E-state index in [0.29, 0.717) is 5.95 Å². The van der Waals surface area contributed by atoms with Gasteiger partial charge >= 0.3 is 0 Å². The highest BCUT2D eigenvalue weighted by atomic mass is 15.0. The summed E-state index contributed by atoms with van der Waals surface area (Å²) in [5, 5.41) is 0. The van der Waals surface area contributed by atoms with Gasteiger partial charge in [-0.1, -0.05) is 0 Å². The van der Waals surface area contributed by atoms with E-state index in [1.807, 2.05) is 26.0 Å². The van der Waals surface area contributed by atoms with E-state index in [4.69, 9.17) is 5.73 Å². The summed E-state index contributed by atoms with van der Waals surface area (Å²) >= 11 is 0. The minimum absolute atomic E-state index is 0.293. The van der Waals surface area contributed by atoms with Gasteiger partial charge in [0.15, 0.2) is 0 Å². The monoisotopic (exact) mass is 200 g/mol. The van der Waals surface area contributed by atoms with Crippen LogP contribution in [0.4, 0.5) is 5.95 Å². The summed E-state index contributed by atoms with van der Waals surface area (Å²) in [4.78, 5) is 12.2. The van der Waals surface area contributed by atoms with Crippen molar-refractivity contribution in [1.29, 1.82) is 0 Å². The summed E-state index contributed by atoms with van der Waals surface area (Å²) in [5.74, 6) is 0.293. The van der Waals surface area contributed by atoms with Crippen LogP contribution in [0.5, 0.6) is 0 Å². The predicted molar refractivity (Wildman–Crippen MR) is 59.1 cm³/mol. The molecule has 0 fully saturated rings. The first-order chi connectivity index (χ1) is 7.15. The molecule has 0 aliphatic carbocycles. The number of nitrogen functional groups attached to an aromatic ring is 1. The number of rotatable bonds is 1. The van der Waals surface area contributed by atoms with Crippen molar-refractivity contribution in [3.05, 3.63) is 35.9 Å². The topological polar surface area (TPSA) is 64.7 Å². The number of hydrogen-bond donors (Lipinski definition) is 1. The van der Waals surface area contributed by atoms with Crippen molar-refractivity contribution in [2.24, 2.45) is 0 Å². The molecule has 2 N–H and O–H groups in total. The molecule has 4 heteroatoms. The van der Waals surface area contributed by atoms with Crippen molar-refractivity contribution in [2.75, 3.05) is 5.73 Å². The summed E-state index contributed by atoms with van der Waals surface area (Å²) in [6.45, 7) is 3.93. The quantitative estimate of drug-likeness (QED) is 0.761. The molecule has 0 radical (unpaired) electrons. The van der Waals surface area contributed by atoms with Crippen LogP contribution in [0.3, 0.4) is 0 Å². The fourth-order valence-electron chi connectivity index (χ4n) is 1.49. The van der Waals surface area contributed by atoms with E-state index in [-0.39, 0.29) is 0 Å². The molecule has 2 rings (SSSR count). The van der Waals surface area contributed by atoms with Crippen molar-refractivity contribution in [3.63, 3.8) is 0 Å². The van der Waals surface area contributed by atoms with Gasteiger partial charge in [-0.05, 0) is 31.5 Å². The number of hydrogen-bond acceptors (Lipinski definition) is 4. The Morgan fingerprint density at radius 2 is 1.47 bits per heavy atom. The smallest absolute Gasteiger partial charge is 0.219 e. The predicted octanol–water partition coefficient (Wildman–Crippen LogP) is 1.74. The SMILES string of the molecule is Cc1cc(-c2cnc(N)nc2)cc(C)n1. The summed E-state index contributed by atoms with van der Waals surface area (Å²) in [6.07, 6.45) is 3.44. The van der Waals surface area contributed by atoms with Crippen LogP contribution in [0.25, 0.3) is 11.1 Å². The molecular formula is C11H12N4. The van der Waals surface area contributed by atoms with Crippen LogP contribution in [-0.2, 0) is 0 Å². The largest absolute Gasteiger partial charge is 0.368 e. The van der Waals surface area contributed by atoms with E-state index in [2.05, 4.69) is 15.0 Å². The van der Waals surface area contributed by atoms with Crippen molar-refractivity contribution in [3.8, 4) is 11.1 Å². The van der Waals surface area contributed by atoms with Crippen LogP contribution in [-0.4, -0.2) is 15.0 Å². The number of aromatic nitrogens is 3. The van der Waals surface area contributed by atoms with E-state index in [9.17, 15) is 0 Å². The lowest BCUT2D eigenvalue weighted by molar-refractivity contribution is 1.12. The molecule has 0 saturated carbocycles. The number of aryl methyl sites for hydroxylation is 2. The van der Waals surface area contributed by atoms with Crippen LogP contribution >= 0.6 is 0 Å². The third-order valence-corrected chi connectivity index (χ3v) is 2.09. The number of nitrogens with two attached hydrogens (primary N) is 1. The molecule has 0 amide bonds. The maximum atomic E-state index is 5.43. The van der Waals surface area contributed by atoms with Crippen LogP contribution < -0.4 is 5.73 Å². The second-order valence-electron chi connectivity index (χ2n) is 3.47. The Kier molecular flexibility index (Phi) is 2.33. The van der Waals surface area contributed by atoms with Gasteiger partial charge in [-0.25, -0.2) is 9.97 Å². The van der Waals surface area contributed by atoms with Gasteiger partial charge in [-0.15, -0.1) is 0 Å². The van der Waals surface area contributed by atoms with Gasteiger partial charge in [0.25, 0.3) is 0 Å². The average Bonchev–Trinajstić information content (AvgIpc) is 2.17. The summed E-state index contributed by atoms with van der Waals surface area (Å²) in [5.41, 5.74) is 9.43. The Labute approximate surface area is 88.2 Å². The molecule has 2 heterocycles. The number of nitrogens with zero attached hydrogens (tertiary/aromatic N) is 3. The zero-order valence-electron chi connectivity index (χ0n) is 8.73. The Morgan fingerprint density at radius 1 is 0.933 bits per heavy atom. The second-order valence-corrected chi connectivity index (χ2v) is 3.47. The minimum Gasteiger partial charge on any atom is -0.368 e. The summed E-state index contributed by atoms with van der Waals surface area (Å²) < 4.78 is 0. The van der Waals surface area contributed by atoms with Crippen molar-refractivity contribution >= 4 is 5.95 Å². The lowest BCUT2D eigenvalue weighted by Gasteiger charge is -2.03. The molecule has 0 spiro atoms. The Balaban J connectivity index is 2.49. The van der Waals surface area contributed by atoms with E-state index in [1.54, 1.807) is 12.4 Å². The van der Waals surface area contributed by atoms with Crippen LogP contribution in [0, 0.1) is 13.8 Å². The molecule has 2 aromatic heterocycles. The van der Waals surface area contributed by atoms with Crippen molar-refractivity contribution in [2.45, 2.75) is 13.8 Å². The standard InChI is InChI=1S/C11H12N4/c1-7-3-9(4-8(2)15-7)10-5-13-11(12)14-6-10/h3-6H,1-2H3,(H2,12,13,14). The minimum atomic E-state index is 0.293. The molecule has 0 saturated heterocycles. The molecule has 0 aromatic carbocycles. The first-order valence-corrected chi connectivity index (χ1v) is 4.68. The first-order valence-electron chi connectivity index (χ1n) is 4.68. The molecule has 0 aliphatic rings.